The van der Waals surface area contributed by atoms with Crippen LogP contribution in [0.3, 0.4) is 0 Å². The van der Waals surface area contributed by atoms with E-state index in [1.54, 1.807) is 41.5 Å². The maximum atomic E-state index is 12.2. The molecule has 132 valence electrons. The van der Waals surface area contributed by atoms with Crippen LogP contribution in [0.5, 0.6) is 11.5 Å². The Balaban J connectivity index is 1.62. The molecule has 2 aromatic rings. The van der Waals surface area contributed by atoms with Crippen molar-refractivity contribution in [3.05, 3.63) is 46.2 Å². The second-order valence-electron chi connectivity index (χ2n) is 6.74. The predicted molar refractivity (Wildman–Crippen MR) is 96.4 cm³/mol. The quantitative estimate of drug-likeness (QED) is 0.819. The van der Waals surface area contributed by atoms with Crippen LogP contribution in [0.25, 0.3) is 0 Å². The summed E-state index contributed by atoms with van der Waals surface area (Å²) in [5, 5.41) is 1.99. The average molecular weight is 359 g/mol. The number of carbonyl (C=O) groups excluding carboxylic acids is 2. The van der Waals surface area contributed by atoms with E-state index in [1.807, 2.05) is 31.4 Å². The molecule has 0 N–H and O–H groups in total. The second-order valence-corrected chi connectivity index (χ2v) is 7.77. The highest BCUT2D eigenvalue weighted by molar-refractivity contribution is 7.09. The third-order valence-electron chi connectivity index (χ3n) is 3.99. The lowest BCUT2D eigenvalue weighted by atomic mass is 9.93. The van der Waals surface area contributed by atoms with Gasteiger partial charge in [0.15, 0.2) is 12.4 Å². The number of hydrogen-bond acceptors (Lipinski definition) is 5. The van der Waals surface area contributed by atoms with Crippen molar-refractivity contribution in [3.8, 4) is 11.5 Å². The summed E-state index contributed by atoms with van der Waals surface area (Å²) in [5.41, 5.74) is 0.0345. The fourth-order valence-corrected chi connectivity index (χ4v) is 3.46. The van der Waals surface area contributed by atoms with Crippen LogP contribution in [0, 0.1) is 0 Å². The number of ketones is 1. The molecule has 0 fully saturated rings. The summed E-state index contributed by atoms with van der Waals surface area (Å²) in [6, 6.07) is 9.04. The minimum atomic E-state index is -0.528. The molecule has 6 heteroatoms. The number of benzene rings is 1. The summed E-state index contributed by atoms with van der Waals surface area (Å²) in [6.45, 7) is 4.27. The zero-order valence-electron chi connectivity index (χ0n) is 14.6. The Morgan fingerprint density at radius 1 is 1.36 bits per heavy atom. The van der Waals surface area contributed by atoms with Gasteiger partial charge in [0.25, 0.3) is 5.91 Å². The van der Waals surface area contributed by atoms with Gasteiger partial charge in [0.1, 0.15) is 17.1 Å². The van der Waals surface area contributed by atoms with Gasteiger partial charge in [-0.25, -0.2) is 0 Å². The van der Waals surface area contributed by atoms with E-state index in [2.05, 4.69) is 0 Å². The van der Waals surface area contributed by atoms with Crippen molar-refractivity contribution in [2.45, 2.75) is 32.4 Å². The van der Waals surface area contributed by atoms with E-state index in [-0.39, 0.29) is 18.3 Å². The third-order valence-corrected chi connectivity index (χ3v) is 4.85. The molecule has 1 aromatic heterocycles. The molecule has 25 heavy (non-hydrogen) atoms. The number of carbonyl (C=O) groups is 2. The van der Waals surface area contributed by atoms with Gasteiger partial charge in [-0.3, -0.25) is 9.59 Å². The van der Waals surface area contributed by atoms with Crippen molar-refractivity contribution in [1.29, 1.82) is 0 Å². The van der Waals surface area contributed by atoms with E-state index in [0.717, 1.165) is 4.88 Å². The van der Waals surface area contributed by atoms with Gasteiger partial charge < -0.3 is 14.4 Å². The highest BCUT2D eigenvalue weighted by Gasteiger charge is 2.32. The number of fused-ring (bicyclic) bond motifs is 1. The van der Waals surface area contributed by atoms with Gasteiger partial charge in [-0.05, 0) is 37.4 Å². The molecule has 1 aliphatic heterocycles. The largest absolute Gasteiger partial charge is 0.486 e. The summed E-state index contributed by atoms with van der Waals surface area (Å²) in [4.78, 5) is 27.1. The smallest absolute Gasteiger partial charge is 0.260 e. The number of Topliss-reactive ketones (excluding diaryl/α,β-unsaturated/α-hetero) is 1. The minimum Gasteiger partial charge on any atom is -0.486 e. The number of ether oxygens (including phenoxy) is 2. The van der Waals surface area contributed by atoms with E-state index in [0.29, 0.717) is 30.0 Å². The molecule has 0 bridgehead atoms. The van der Waals surface area contributed by atoms with Crippen molar-refractivity contribution in [2.24, 2.45) is 0 Å². The van der Waals surface area contributed by atoms with Gasteiger partial charge in [0, 0.05) is 18.0 Å². The van der Waals surface area contributed by atoms with E-state index >= 15 is 0 Å². The number of likely N-dealkylation sites (N-methyl/N-ethyl adjacent to an activating group) is 1. The topological polar surface area (TPSA) is 55.8 Å². The zero-order chi connectivity index (χ0) is 18.0. The first-order valence-electron chi connectivity index (χ1n) is 8.09. The molecule has 0 saturated carbocycles. The maximum Gasteiger partial charge on any atom is 0.260 e. The molecule has 5 nitrogen and oxygen atoms in total. The maximum absolute atomic E-state index is 12.2. The fraction of sp³-hybridized carbons (Fsp3) is 0.368. The normalized spacial score (nSPS) is 15.2. The van der Waals surface area contributed by atoms with Gasteiger partial charge in [0.05, 0.1) is 18.5 Å². The number of amides is 1. The molecule has 2 heterocycles. The van der Waals surface area contributed by atoms with E-state index in [9.17, 15) is 9.59 Å². The third kappa shape index (κ3) is 4.20. The number of hydrogen-bond donors (Lipinski definition) is 0. The Morgan fingerprint density at radius 2 is 2.16 bits per heavy atom. The summed E-state index contributed by atoms with van der Waals surface area (Å²) in [7, 11) is 1.75. The van der Waals surface area contributed by atoms with Crippen molar-refractivity contribution >= 4 is 23.0 Å². The highest BCUT2D eigenvalue weighted by atomic mass is 32.1. The number of nitrogens with zero attached hydrogens (tertiary/aromatic N) is 1. The lowest BCUT2D eigenvalue weighted by Gasteiger charge is -2.31. The summed E-state index contributed by atoms with van der Waals surface area (Å²) < 4.78 is 11.5. The second kappa shape index (κ2) is 6.88. The average Bonchev–Trinajstić information content (AvgIpc) is 3.03. The lowest BCUT2D eigenvalue weighted by molar-refractivity contribution is -0.132. The molecular weight excluding hydrogens is 338 g/mol. The van der Waals surface area contributed by atoms with Gasteiger partial charge in [-0.15, -0.1) is 11.3 Å². The van der Waals surface area contributed by atoms with Gasteiger partial charge >= 0.3 is 0 Å². The van der Waals surface area contributed by atoms with Crippen LogP contribution in [0.4, 0.5) is 0 Å². The monoisotopic (exact) mass is 359 g/mol. The Labute approximate surface area is 151 Å². The van der Waals surface area contributed by atoms with Crippen LogP contribution in [-0.2, 0) is 11.3 Å². The lowest BCUT2D eigenvalue weighted by Crippen LogP contribution is -2.35. The molecule has 0 spiro atoms. The van der Waals surface area contributed by atoms with Crippen LogP contribution >= 0.6 is 11.3 Å². The fourth-order valence-electron chi connectivity index (χ4n) is 2.70. The van der Waals surface area contributed by atoms with Crippen molar-refractivity contribution < 1.29 is 19.1 Å². The summed E-state index contributed by atoms with van der Waals surface area (Å²) in [6.07, 6.45) is 0.353. The molecule has 0 unspecified atom stereocenters. The van der Waals surface area contributed by atoms with Crippen molar-refractivity contribution in [2.75, 3.05) is 13.7 Å². The van der Waals surface area contributed by atoms with Crippen molar-refractivity contribution in [3.63, 3.8) is 0 Å². The van der Waals surface area contributed by atoms with Gasteiger partial charge in [-0.1, -0.05) is 6.07 Å². The predicted octanol–water partition coefficient (Wildman–Crippen LogP) is 3.53. The summed E-state index contributed by atoms with van der Waals surface area (Å²) >= 11 is 1.62. The van der Waals surface area contributed by atoms with E-state index in [4.69, 9.17) is 9.47 Å². The van der Waals surface area contributed by atoms with Crippen molar-refractivity contribution in [1.82, 2.24) is 4.90 Å². The summed E-state index contributed by atoms with van der Waals surface area (Å²) in [5.74, 6) is 0.980. The molecule has 0 aliphatic carbocycles. The molecule has 0 saturated heterocycles. The SMILES string of the molecule is CN(Cc1cccs1)C(=O)COc1ccc2c(c1)OC(C)(C)CC2=O. The minimum absolute atomic E-state index is 0.0575. The van der Waals surface area contributed by atoms with Crippen LogP contribution < -0.4 is 9.47 Å². The Kier molecular flexibility index (Phi) is 4.81. The van der Waals surface area contributed by atoms with E-state index < -0.39 is 5.60 Å². The Morgan fingerprint density at radius 3 is 2.88 bits per heavy atom. The standard InChI is InChI=1S/C19H21NO4S/c1-19(2)10-16(21)15-7-6-13(9-17(15)24-19)23-12-18(22)20(3)11-14-5-4-8-25-14/h4-9H,10-12H2,1-3H3. The first-order chi connectivity index (χ1) is 11.8. The molecule has 1 aliphatic rings. The zero-order valence-corrected chi connectivity index (χ0v) is 15.4. The first kappa shape index (κ1) is 17.5. The molecule has 0 atom stereocenters. The molecule has 1 aromatic carbocycles. The molecular formula is C19H21NO4S. The van der Waals surface area contributed by atoms with Crippen LogP contribution in [0.15, 0.2) is 35.7 Å². The van der Waals surface area contributed by atoms with Gasteiger partial charge in [-0.2, -0.15) is 0 Å². The molecule has 3 rings (SSSR count). The number of thiophene rings is 1. The molecule has 0 radical (unpaired) electrons. The number of rotatable bonds is 5. The Hall–Kier alpha value is -2.34. The first-order valence-corrected chi connectivity index (χ1v) is 8.97. The Bertz CT molecular complexity index is 783. The van der Waals surface area contributed by atoms with Crippen LogP contribution in [-0.4, -0.2) is 35.8 Å². The molecule has 1 amide bonds. The van der Waals surface area contributed by atoms with E-state index in [1.165, 1.54) is 0 Å². The highest BCUT2D eigenvalue weighted by Crippen LogP contribution is 2.35. The van der Waals surface area contributed by atoms with Crippen LogP contribution in [0.1, 0.15) is 35.5 Å². The van der Waals surface area contributed by atoms with Crippen LogP contribution in [0.2, 0.25) is 0 Å². The van der Waals surface area contributed by atoms with Gasteiger partial charge in [0.2, 0.25) is 0 Å².